The number of amides is 3. The Kier molecular flexibility index (Phi) is 5.98. The molecule has 168 valence electrons. The molecule has 0 radical (unpaired) electrons. The van der Waals surface area contributed by atoms with Crippen molar-refractivity contribution in [3.05, 3.63) is 24.0 Å². The van der Waals surface area contributed by atoms with Crippen molar-refractivity contribution in [2.24, 2.45) is 5.92 Å². The van der Waals surface area contributed by atoms with Crippen molar-refractivity contribution in [1.82, 2.24) is 25.0 Å². The van der Waals surface area contributed by atoms with Crippen molar-refractivity contribution < 1.29 is 14.3 Å². The summed E-state index contributed by atoms with van der Waals surface area (Å²) in [6, 6.07) is 4.37. The monoisotopic (exact) mass is 427 g/mol. The van der Waals surface area contributed by atoms with Gasteiger partial charge in [0.15, 0.2) is 0 Å². The first-order chi connectivity index (χ1) is 15.2. The summed E-state index contributed by atoms with van der Waals surface area (Å²) >= 11 is 0. The van der Waals surface area contributed by atoms with E-state index < -0.39 is 0 Å². The highest BCUT2D eigenvalue weighted by molar-refractivity contribution is 5.92. The smallest absolute Gasteiger partial charge is 0.320 e. The zero-order valence-corrected chi connectivity index (χ0v) is 18.2. The fourth-order valence-electron chi connectivity index (χ4n) is 4.54. The number of hydrogen-bond acceptors (Lipinski definition) is 5. The molecule has 2 saturated heterocycles. The van der Waals surface area contributed by atoms with Crippen LogP contribution in [0.25, 0.3) is 0 Å². The predicted octanol–water partition coefficient (Wildman–Crippen LogP) is 1.96. The van der Waals surface area contributed by atoms with Crippen molar-refractivity contribution in [2.45, 2.75) is 50.7 Å². The first-order valence-corrected chi connectivity index (χ1v) is 11.8. The molecule has 8 heteroatoms. The van der Waals surface area contributed by atoms with Crippen LogP contribution < -0.4 is 10.1 Å². The lowest BCUT2D eigenvalue weighted by atomic mass is 9.91. The topological polar surface area (TPSA) is 78.0 Å². The van der Waals surface area contributed by atoms with Crippen LogP contribution in [0.1, 0.15) is 49.0 Å². The van der Waals surface area contributed by atoms with Crippen LogP contribution in [-0.2, 0) is 0 Å². The van der Waals surface area contributed by atoms with E-state index in [1.54, 1.807) is 18.3 Å². The maximum absolute atomic E-state index is 12.8. The summed E-state index contributed by atoms with van der Waals surface area (Å²) in [6.45, 7) is 5.72. The van der Waals surface area contributed by atoms with Crippen LogP contribution in [-0.4, -0.2) is 89.6 Å². The molecule has 0 aromatic carbocycles. The molecule has 0 unspecified atom stereocenters. The van der Waals surface area contributed by atoms with Gasteiger partial charge in [0.1, 0.15) is 17.5 Å². The Bertz CT molecular complexity index is 787. The minimum atomic E-state index is -0.132. The average molecular weight is 428 g/mol. The number of carbonyl (C=O) groups is 2. The van der Waals surface area contributed by atoms with Gasteiger partial charge in [0, 0.05) is 38.8 Å². The summed E-state index contributed by atoms with van der Waals surface area (Å²) in [5.74, 6) is 1.15. The lowest BCUT2D eigenvalue weighted by Crippen LogP contribution is -2.60. The van der Waals surface area contributed by atoms with Crippen molar-refractivity contribution in [3.8, 4) is 5.75 Å². The third kappa shape index (κ3) is 4.95. The van der Waals surface area contributed by atoms with Crippen LogP contribution in [0.15, 0.2) is 18.3 Å². The summed E-state index contributed by atoms with van der Waals surface area (Å²) in [5, 5.41) is 2.92. The SMILES string of the molecule is O=C(NCC1CC1)c1ccc(OC2CN(C(=O)N3CCCN(C4CCC4)CC3)C2)cn1. The third-order valence-corrected chi connectivity index (χ3v) is 7.03. The number of pyridine rings is 1. The maximum Gasteiger partial charge on any atom is 0.320 e. The minimum Gasteiger partial charge on any atom is -0.485 e. The molecule has 31 heavy (non-hydrogen) atoms. The standard InChI is InChI=1S/C23H33N5O3/c29-22(25-13-17-5-6-17)21-8-7-19(14-24-21)31-20-15-28(16-20)23(30)27-10-2-9-26(11-12-27)18-3-1-4-18/h7-8,14,17-18,20H,1-6,9-13,15-16H2,(H,25,29). The molecule has 2 saturated carbocycles. The molecule has 2 aliphatic carbocycles. The largest absolute Gasteiger partial charge is 0.485 e. The highest BCUT2D eigenvalue weighted by Gasteiger charge is 2.36. The second-order valence-electron chi connectivity index (χ2n) is 9.42. The normalized spacial score (nSPS) is 23.0. The summed E-state index contributed by atoms with van der Waals surface area (Å²) in [4.78, 5) is 35.6. The van der Waals surface area contributed by atoms with E-state index >= 15 is 0 Å². The minimum absolute atomic E-state index is 0.0150. The summed E-state index contributed by atoms with van der Waals surface area (Å²) in [6.07, 6.45) is 9.04. The number of likely N-dealkylation sites (tertiary alicyclic amines) is 1. The molecule has 0 atom stereocenters. The van der Waals surface area contributed by atoms with Crippen LogP contribution in [0.5, 0.6) is 5.75 Å². The second kappa shape index (κ2) is 9.02. The highest BCUT2D eigenvalue weighted by atomic mass is 16.5. The molecule has 2 aliphatic heterocycles. The molecule has 1 aromatic heterocycles. The first kappa shape index (κ1) is 20.5. The zero-order chi connectivity index (χ0) is 21.2. The summed E-state index contributed by atoms with van der Waals surface area (Å²) in [5.41, 5.74) is 0.413. The number of rotatable bonds is 6. The quantitative estimate of drug-likeness (QED) is 0.751. The fourth-order valence-corrected chi connectivity index (χ4v) is 4.54. The zero-order valence-electron chi connectivity index (χ0n) is 18.2. The van der Waals surface area contributed by atoms with E-state index in [0.29, 0.717) is 30.5 Å². The lowest BCUT2D eigenvalue weighted by molar-refractivity contribution is 0.0306. The molecule has 5 rings (SSSR count). The lowest BCUT2D eigenvalue weighted by Gasteiger charge is -2.41. The number of carbonyl (C=O) groups excluding carboxylic acids is 2. The van der Waals surface area contributed by atoms with Gasteiger partial charge in [0.05, 0.1) is 19.3 Å². The van der Waals surface area contributed by atoms with Gasteiger partial charge < -0.3 is 19.9 Å². The van der Waals surface area contributed by atoms with E-state index in [9.17, 15) is 9.59 Å². The van der Waals surface area contributed by atoms with E-state index in [-0.39, 0.29) is 18.0 Å². The Morgan fingerprint density at radius 2 is 1.84 bits per heavy atom. The summed E-state index contributed by atoms with van der Waals surface area (Å²) < 4.78 is 5.94. The van der Waals surface area contributed by atoms with Crippen molar-refractivity contribution in [3.63, 3.8) is 0 Å². The predicted molar refractivity (Wildman–Crippen MR) is 116 cm³/mol. The number of nitrogens with zero attached hydrogens (tertiary/aromatic N) is 4. The number of ether oxygens (including phenoxy) is 1. The van der Waals surface area contributed by atoms with Gasteiger partial charge in [-0.25, -0.2) is 9.78 Å². The van der Waals surface area contributed by atoms with E-state index in [2.05, 4.69) is 15.2 Å². The average Bonchev–Trinajstić information content (AvgIpc) is 3.55. The van der Waals surface area contributed by atoms with Crippen LogP contribution in [0, 0.1) is 5.92 Å². The molecular formula is C23H33N5O3. The van der Waals surface area contributed by atoms with Crippen LogP contribution in [0.2, 0.25) is 0 Å². The number of nitrogens with one attached hydrogen (secondary N) is 1. The van der Waals surface area contributed by atoms with Gasteiger partial charge in [0.2, 0.25) is 0 Å². The van der Waals surface area contributed by atoms with Gasteiger partial charge in [0.25, 0.3) is 5.91 Å². The van der Waals surface area contributed by atoms with Crippen LogP contribution >= 0.6 is 0 Å². The molecule has 1 N–H and O–H groups in total. The molecular weight excluding hydrogens is 394 g/mol. The van der Waals surface area contributed by atoms with E-state index in [4.69, 9.17) is 4.74 Å². The van der Waals surface area contributed by atoms with Crippen LogP contribution in [0.3, 0.4) is 0 Å². The van der Waals surface area contributed by atoms with Gasteiger partial charge in [-0.1, -0.05) is 6.42 Å². The van der Waals surface area contributed by atoms with E-state index in [1.807, 2.05) is 9.80 Å². The Morgan fingerprint density at radius 1 is 1.00 bits per heavy atom. The van der Waals surface area contributed by atoms with Crippen LogP contribution in [0.4, 0.5) is 4.79 Å². The fraction of sp³-hybridized carbons (Fsp3) is 0.696. The molecule has 4 fully saturated rings. The van der Waals surface area contributed by atoms with Crippen molar-refractivity contribution in [1.29, 1.82) is 0 Å². The van der Waals surface area contributed by atoms with E-state index in [0.717, 1.165) is 45.2 Å². The Morgan fingerprint density at radius 3 is 2.52 bits per heavy atom. The Balaban J connectivity index is 1.04. The maximum atomic E-state index is 12.8. The van der Waals surface area contributed by atoms with Gasteiger partial charge in [-0.3, -0.25) is 9.69 Å². The van der Waals surface area contributed by atoms with Gasteiger partial charge >= 0.3 is 6.03 Å². The highest BCUT2D eigenvalue weighted by Crippen LogP contribution is 2.28. The summed E-state index contributed by atoms with van der Waals surface area (Å²) in [7, 11) is 0. The van der Waals surface area contributed by atoms with Gasteiger partial charge in [-0.15, -0.1) is 0 Å². The van der Waals surface area contributed by atoms with Gasteiger partial charge in [-0.05, 0) is 50.2 Å². The molecule has 0 spiro atoms. The molecule has 1 aromatic rings. The molecule has 3 amide bonds. The third-order valence-electron chi connectivity index (χ3n) is 7.03. The molecule has 8 nitrogen and oxygen atoms in total. The van der Waals surface area contributed by atoms with E-state index in [1.165, 1.54) is 32.1 Å². The van der Waals surface area contributed by atoms with Crippen molar-refractivity contribution >= 4 is 11.9 Å². The second-order valence-corrected chi connectivity index (χ2v) is 9.42. The van der Waals surface area contributed by atoms with Gasteiger partial charge in [-0.2, -0.15) is 0 Å². The Hall–Kier alpha value is -2.35. The number of hydrogen-bond donors (Lipinski definition) is 1. The number of aromatic nitrogens is 1. The Labute approximate surface area is 183 Å². The van der Waals surface area contributed by atoms with Crippen molar-refractivity contribution in [2.75, 3.05) is 45.8 Å². The molecule has 4 aliphatic rings. The number of urea groups is 1. The molecule has 3 heterocycles. The first-order valence-electron chi connectivity index (χ1n) is 11.8. The molecule has 0 bridgehead atoms.